The van der Waals surface area contributed by atoms with Gasteiger partial charge in [-0.2, -0.15) is 0 Å². The standard InChI is InChI=1S/C16H13ClFNO3S2/c1-24(21,22)12-5-2-10(3-6-12)16-19(15(20)9-23-16)11-4-7-13(17)14(18)8-11/h2-8,16H,9H2,1H3. The molecular formula is C16H13ClFNO3S2. The predicted octanol–water partition coefficient (Wildman–Crippen LogP) is 3.66. The zero-order valence-corrected chi connectivity index (χ0v) is 15.0. The topological polar surface area (TPSA) is 54.5 Å². The van der Waals surface area contributed by atoms with Crippen LogP contribution in [0.2, 0.25) is 5.02 Å². The molecule has 24 heavy (non-hydrogen) atoms. The van der Waals surface area contributed by atoms with Crippen molar-refractivity contribution in [2.24, 2.45) is 0 Å². The number of sulfone groups is 1. The maximum absolute atomic E-state index is 13.7. The first kappa shape index (κ1) is 17.3. The summed E-state index contributed by atoms with van der Waals surface area (Å²) in [5.41, 5.74) is 1.19. The summed E-state index contributed by atoms with van der Waals surface area (Å²) in [5.74, 6) is -0.466. The van der Waals surface area contributed by atoms with E-state index < -0.39 is 15.7 Å². The number of hydrogen-bond donors (Lipinski definition) is 0. The van der Waals surface area contributed by atoms with Gasteiger partial charge in [0.1, 0.15) is 11.2 Å². The van der Waals surface area contributed by atoms with Crippen LogP contribution in [0.1, 0.15) is 10.9 Å². The van der Waals surface area contributed by atoms with Gasteiger partial charge in [0, 0.05) is 11.9 Å². The minimum atomic E-state index is -3.28. The molecule has 0 saturated carbocycles. The Bertz CT molecular complexity index is 900. The summed E-state index contributed by atoms with van der Waals surface area (Å²) < 4.78 is 36.8. The van der Waals surface area contributed by atoms with Crippen molar-refractivity contribution in [3.8, 4) is 0 Å². The van der Waals surface area contributed by atoms with E-state index in [-0.39, 0.29) is 27.0 Å². The number of thioether (sulfide) groups is 1. The number of halogens is 2. The second-order valence-corrected chi connectivity index (χ2v) is 8.86. The Morgan fingerprint density at radius 3 is 2.46 bits per heavy atom. The van der Waals surface area contributed by atoms with Crippen LogP contribution in [0.5, 0.6) is 0 Å². The lowest BCUT2D eigenvalue weighted by atomic mass is 10.2. The molecule has 0 spiro atoms. The molecule has 3 rings (SSSR count). The van der Waals surface area contributed by atoms with Gasteiger partial charge in [0.2, 0.25) is 5.91 Å². The smallest absolute Gasteiger partial charge is 0.238 e. The molecule has 1 fully saturated rings. The van der Waals surface area contributed by atoms with Gasteiger partial charge in [0.05, 0.1) is 15.7 Å². The van der Waals surface area contributed by atoms with Crippen molar-refractivity contribution in [1.82, 2.24) is 0 Å². The van der Waals surface area contributed by atoms with Crippen LogP contribution in [0.25, 0.3) is 0 Å². The molecule has 1 heterocycles. The summed E-state index contributed by atoms with van der Waals surface area (Å²) in [7, 11) is -3.28. The zero-order valence-electron chi connectivity index (χ0n) is 12.6. The predicted molar refractivity (Wildman–Crippen MR) is 93.6 cm³/mol. The SMILES string of the molecule is CS(=O)(=O)c1ccc(C2SCC(=O)N2c2ccc(Cl)c(F)c2)cc1. The van der Waals surface area contributed by atoms with Gasteiger partial charge in [0.15, 0.2) is 9.84 Å². The number of nitrogens with zero attached hydrogens (tertiary/aromatic N) is 1. The van der Waals surface area contributed by atoms with Gasteiger partial charge in [0.25, 0.3) is 0 Å². The number of amides is 1. The Morgan fingerprint density at radius 1 is 1.21 bits per heavy atom. The van der Waals surface area contributed by atoms with Crippen molar-refractivity contribution in [1.29, 1.82) is 0 Å². The molecule has 126 valence electrons. The molecule has 0 bridgehead atoms. The zero-order chi connectivity index (χ0) is 17.5. The van der Waals surface area contributed by atoms with Crippen molar-refractivity contribution in [2.75, 3.05) is 16.9 Å². The van der Waals surface area contributed by atoms with E-state index in [1.807, 2.05) is 0 Å². The molecule has 1 aliphatic heterocycles. The fourth-order valence-corrected chi connectivity index (χ4v) is 4.39. The van der Waals surface area contributed by atoms with Gasteiger partial charge in [-0.15, -0.1) is 11.8 Å². The van der Waals surface area contributed by atoms with Crippen LogP contribution in [-0.4, -0.2) is 26.3 Å². The molecule has 8 heteroatoms. The summed E-state index contributed by atoms with van der Waals surface area (Å²) in [4.78, 5) is 13.9. The third-order valence-corrected chi connectivity index (χ3v) is 6.29. The highest BCUT2D eigenvalue weighted by Gasteiger charge is 2.34. The van der Waals surface area contributed by atoms with Gasteiger partial charge in [-0.1, -0.05) is 23.7 Å². The lowest BCUT2D eigenvalue weighted by Gasteiger charge is -2.24. The van der Waals surface area contributed by atoms with Gasteiger partial charge in [-0.25, -0.2) is 12.8 Å². The Kier molecular flexibility index (Phi) is 4.59. The number of hydrogen-bond acceptors (Lipinski definition) is 4. The van der Waals surface area contributed by atoms with E-state index in [1.54, 1.807) is 18.2 Å². The van der Waals surface area contributed by atoms with Crippen molar-refractivity contribution in [3.05, 3.63) is 58.9 Å². The molecule has 0 radical (unpaired) electrons. The maximum Gasteiger partial charge on any atom is 0.238 e. The number of carbonyl (C=O) groups is 1. The van der Waals surface area contributed by atoms with Crippen LogP contribution in [0.4, 0.5) is 10.1 Å². The first-order valence-electron chi connectivity index (χ1n) is 6.96. The second-order valence-electron chi connectivity index (χ2n) is 5.37. The highest BCUT2D eigenvalue weighted by atomic mass is 35.5. The van der Waals surface area contributed by atoms with E-state index in [2.05, 4.69) is 0 Å². The van der Waals surface area contributed by atoms with Crippen molar-refractivity contribution >= 4 is 44.8 Å². The van der Waals surface area contributed by atoms with Crippen molar-refractivity contribution < 1.29 is 17.6 Å². The average molecular weight is 386 g/mol. The Morgan fingerprint density at radius 2 is 1.88 bits per heavy atom. The lowest BCUT2D eigenvalue weighted by molar-refractivity contribution is -0.115. The van der Waals surface area contributed by atoms with Crippen LogP contribution in [0.3, 0.4) is 0 Å². The molecule has 4 nitrogen and oxygen atoms in total. The fourth-order valence-electron chi connectivity index (χ4n) is 2.46. The Balaban J connectivity index is 1.97. The van der Waals surface area contributed by atoms with Crippen LogP contribution in [0, 0.1) is 5.82 Å². The summed E-state index contributed by atoms with van der Waals surface area (Å²) >= 11 is 7.10. The minimum Gasteiger partial charge on any atom is -0.295 e. The average Bonchev–Trinajstić information content (AvgIpc) is 2.91. The van der Waals surface area contributed by atoms with Crippen molar-refractivity contribution in [2.45, 2.75) is 10.3 Å². The van der Waals surface area contributed by atoms with Crippen LogP contribution in [0.15, 0.2) is 47.4 Å². The molecule has 1 aliphatic rings. The molecular weight excluding hydrogens is 373 g/mol. The van der Waals surface area contributed by atoms with E-state index in [0.717, 1.165) is 11.8 Å². The summed E-state index contributed by atoms with van der Waals surface area (Å²) in [5, 5.41) is -0.348. The molecule has 1 saturated heterocycles. The number of rotatable bonds is 3. The molecule has 1 amide bonds. The summed E-state index contributed by atoms with van der Waals surface area (Å²) in [6.07, 6.45) is 1.14. The van der Waals surface area contributed by atoms with Crippen molar-refractivity contribution in [3.63, 3.8) is 0 Å². The molecule has 1 unspecified atom stereocenters. The van der Waals surface area contributed by atoms with E-state index in [1.165, 1.54) is 40.9 Å². The van der Waals surface area contributed by atoms with Gasteiger partial charge in [-0.3, -0.25) is 9.69 Å². The molecule has 2 aromatic carbocycles. The Hall–Kier alpha value is -1.57. The molecule has 1 atom stereocenters. The highest BCUT2D eigenvalue weighted by Crippen LogP contribution is 2.42. The molecule has 0 N–H and O–H groups in total. The summed E-state index contributed by atoms with van der Waals surface area (Å²) in [6, 6.07) is 10.6. The highest BCUT2D eigenvalue weighted by molar-refractivity contribution is 8.00. The fraction of sp³-hybridized carbons (Fsp3) is 0.188. The largest absolute Gasteiger partial charge is 0.295 e. The molecule has 0 aromatic heterocycles. The second kappa shape index (κ2) is 6.38. The van der Waals surface area contributed by atoms with Gasteiger partial charge in [-0.05, 0) is 35.9 Å². The van der Waals surface area contributed by atoms with E-state index in [4.69, 9.17) is 11.6 Å². The third kappa shape index (κ3) is 3.29. The number of anilines is 1. The van der Waals surface area contributed by atoms with Gasteiger partial charge < -0.3 is 0 Å². The lowest BCUT2D eigenvalue weighted by Crippen LogP contribution is -2.27. The first-order valence-corrected chi connectivity index (χ1v) is 10.3. The normalized spacial score (nSPS) is 18.2. The van der Waals surface area contributed by atoms with E-state index in [9.17, 15) is 17.6 Å². The van der Waals surface area contributed by atoms with Crippen LogP contribution in [-0.2, 0) is 14.6 Å². The number of benzene rings is 2. The number of carbonyl (C=O) groups excluding carboxylic acids is 1. The maximum atomic E-state index is 13.7. The van der Waals surface area contributed by atoms with Crippen LogP contribution >= 0.6 is 23.4 Å². The van der Waals surface area contributed by atoms with E-state index in [0.29, 0.717) is 5.69 Å². The van der Waals surface area contributed by atoms with Crippen LogP contribution < -0.4 is 4.90 Å². The Labute approximate surface area is 148 Å². The monoisotopic (exact) mass is 385 g/mol. The summed E-state index contributed by atoms with van der Waals surface area (Å²) in [6.45, 7) is 0. The van der Waals surface area contributed by atoms with E-state index >= 15 is 0 Å². The molecule has 0 aliphatic carbocycles. The quantitative estimate of drug-likeness (QED) is 0.809. The first-order chi connectivity index (χ1) is 11.3. The van der Waals surface area contributed by atoms with Gasteiger partial charge >= 0.3 is 0 Å². The molecule has 2 aromatic rings. The third-order valence-electron chi connectivity index (χ3n) is 3.64. The minimum absolute atomic E-state index is 0.00731.